The molecule has 0 aromatic rings. The average Bonchev–Trinajstić information content (AvgIpc) is 2.54. The first-order valence-corrected chi connectivity index (χ1v) is 9.55. The molecular weight excluding hydrogens is 332 g/mol. The van der Waals surface area contributed by atoms with Crippen LogP contribution in [-0.2, 0) is 18.9 Å². The molecule has 0 bridgehead atoms. The van der Waals surface area contributed by atoms with Gasteiger partial charge in [-0.25, -0.2) is 4.79 Å². The lowest BCUT2D eigenvalue weighted by Crippen LogP contribution is -2.46. The first-order valence-electron chi connectivity index (χ1n) is 9.55. The second-order valence-corrected chi connectivity index (χ2v) is 9.17. The molecule has 0 saturated heterocycles. The van der Waals surface area contributed by atoms with Crippen LogP contribution in [0.5, 0.6) is 0 Å². The van der Waals surface area contributed by atoms with Gasteiger partial charge in [-0.3, -0.25) is 0 Å². The summed E-state index contributed by atoms with van der Waals surface area (Å²) in [5, 5.41) is 0. The maximum Gasteiger partial charge on any atom is 0.514 e. The third kappa shape index (κ3) is 5.18. The zero-order valence-corrected chi connectivity index (χ0v) is 16.8. The quantitative estimate of drug-likeness (QED) is 0.325. The van der Waals surface area contributed by atoms with Crippen molar-refractivity contribution in [2.75, 3.05) is 0 Å². The van der Waals surface area contributed by atoms with Crippen molar-refractivity contribution in [3.8, 4) is 0 Å². The summed E-state index contributed by atoms with van der Waals surface area (Å²) >= 11 is 0. The van der Waals surface area contributed by atoms with Crippen molar-refractivity contribution in [2.45, 2.75) is 90.6 Å². The van der Waals surface area contributed by atoms with Crippen molar-refractivity contribution >= 4 is 6.16 Å². The normalized spacial score (nSPS) is 25.4. The number of ether oxygens (including phenoxy) is 4. The highest BCUT2D eigenvalue weighted by Crippen LogP contribution is 2.45. The molecule has 2 rings (SSSR count). The van der Waals surface area contributed by atoms with Crippen molar-refractivity contribution < 1.29 is 23.7 Å². The molecule has 2 aliphatic rings. The Morgan fingerprint density at radius 1 is 0.692 bits per heavy atom. The van der Waals surface area contributed by atoms with Crippen molar-refractivity contribution in [1.29, 1.82) is 0 Å². The van der Waals surface area contributed by atoms with E-state index in [1.807, 2.05) is 0 Å². The van der Waals surface area contributed by atoms with Crippen LogP contribution in [-0.4, -0.2) is 17.7 Å². The highest BCUT2D eigenvalue weighted by molar-refractivity contribution is 5.61. The van der Waals surface area contributed by atoms with E-state index in [4.69, 9.17) is 18.9 Å². The van der Waals surface area contributed by atoms with Gasteiger partial charge in [0, 0.05) is 25.7 Å². The fraction of sp³-hybridized carbons (Fsp3) is 0.762. The molecule has 0 aliphatic heterocycles. The minimum Gasteiger partial charge on any atom is -0.460 e. The number of hydrogen-bond donors (Lipinski definition) is 0. The Bertz CT molecular complexity index is 469. The zero-order valence-electron chi connectivity index (χ0n) is 16.8. The summed E-state index contributed by atoms with van der Waals surface area (Å²) < 4.78 is 22.6. The molecule has 0 spiro atoms. The van der Waals surface area contributed by atoms with E-state index in [2.05, 4.69) is 40.9 Å². The molecule has 0 radical (unpaired) electrons. The van der Waals surface area contributed by atoms with E-state index in [-0.39, 0.29) is 10.8 Å². The first kappa shape index (κ1) is 20.7. The fourth-order valence-electron chi connectivity index (χ4n) is 3.73. The standard InChI is InChI=1S/C21H34O5/c1-7-23-20(13-9-18(3,4)10-14-20)25-17(22)26-21(24-8-2)15-11-19(5,6)12-16-21/h7-8H,1-2,9-16H2,3-6H3. The molecule has 0 N–H and O–H groups in total. The van der Waals surface area contributed by atoms with E-state index in [1.165, 1.54) is 12.5 Å². The Morgan fingerprint density at radius 3 is 1.27 bits per heavy atom. The van der Waals surface area contributed by atoms with Crippen LogP contribution in [0.25, 0.3) is 0 Å². The summed E-state index contributed by atoms with van der Waals surface area (Å²) in [6.07, 6.45) is 7.98. The van der Waals surface area contributed by atoms with Gasteiger partial charge in [0.05, 0.1) is 12.5 Å². The smallest absolute Gasteiger partial charge is 0.460 e. The molecule has 26 heavy (non-hydrogen) atoms. The number of carbonyl (C=O) groups excluding carboxylic acids is 1. The van der Waals surface area contributed by atoms with E-state index >= 15 is 0 Å². The molecule has 0 amide bonds. The van der Waals surface area contributed by atoms with Crippen LogP contribution >= 0.6 is 0 Å². The van der Waals surface area contributed by atoms with Crippen LogP contribution in [0.15, 0.2) is 25.7 Å². The lowest BCUT2D eigenvalue weighted by Gasteiger charge is -2.43. The lowest BCUT2D eigenvalue weighted by atomic mass is 9.75. The Kier molecular flexibility index (Phi) is 5.99. The number of rotatable bonds is 6. The van der Waals surface area contributed by atoms with Gasteiger partial charge in [-0.05, 0) is 36.5 Å². The van der Waals surface area contributed by atoms with E-state index < -0.39 is 17.7 Å². The Morgan fingerprint density at radius 2 is 1.00 bits per heavy atom. The zero-order chi connectivity index (χ0) is 19.5. The molecule has 0 unspecified atom stereocenters. The maximum absolute atomic E-state index is 12.6. The summed E-state index contributed by atoms with van der Waals surface area (Å²) in [5.41, 5.74) is 0.423. The Hall–Kier alpha value is -1.65. The second-order valence-electron chi connectivity index (χ2n) is 9.17. The predicted molar refractivity (Wildman–Crippen MR) is 100 cm³/mol. The van der Waals surface area contributed by atoms with Crippen LogP contribution in [0.4, 0.5) is 4.79 Å². The maximum atomic E-state index is 12.6. The molecule has 0 aromatic heterocycles. The third-order valence-corrected chi connectivity index (χ3v) is 5.87. The second kappa shape index (κ2) is 7.53. The summed E-state index contributed by atoms with van der Waals surface area (Å²) in [5.74, 6) is -2.00. The predicted octanol–water partition coefficient (Wildman–Crippen LogP) is 6.05. The molecule has 5 nitrogen and oxygen atoms in total. The number of carbonyl (C=O) groups is 1. The van der Waals surface area contributed by atoms with Gasteiger partial charge in [-0.15, -0.1) is 0 Å². The topological polar surface area (TPSA) is 54.0 Å². The van der Waals surface area contributed by atoms with Crippen molar-refractivity contribution in [3.63, 3.8) is 0 Å². The van der Waals surface area contributed by atoms with Gasteiger partial charge in [-0.1, -0.05) is 40.9 Å². The van der Waals surface area contributed by atoms with Crippen LogP contribution in [0, 0.1) is 10.8 Å². The summed E-state index contributed by atoms with van der Waals surface area (Å²) in [4.78, 5) is 12.6. The largest absolute Gasteiger partial charge is 0.514 e. The first-order chi connectivity index (χ1) is 12.1. The average molecular weight is 366 g/mol. The number of hydrogen-bond acceptors (Lipinski definition) is 5. The fourth-order valence-corrected chi connectivity index (χ4v) is 3.73. The van der Waals surface area contributed by atoms with Crippen LogP contribution in [0.2, 0.25) is 0 Å². The highest BCUT2D eigenvalue weighted by Gasteiger charge is 2.47. The Balaban J connectivity index is 2.04. The SMILES string of the molecule is C=COC1(OC(=O)OC2(OC=C)CCC(C)(C)CC2)CCC(C)(C)CC1. The molecule has 2 fully saturated rings. The van der Waals surface area contributed by atoms with Crippen molar-refractivity contribution in [2.24, 2.45) is 10.8 Å². The molecule has 148 valence electrons. The third-order valence-electron chi connectivity index (χ3n) is 5.87. The molecule has 2 saturated carbocycles. The monoisotopic (exact) mass is 366 g/mol. The van der Waals surface area contributed by atoms with Crippen LogP contribution in [0.1, 0.15) is 79.1 Å². The van der Waals surface area contributed by atoms with Crippen molar-refractivity contribution in [3.05, 3.63) is 25.7 Å². The molecule has 0 heterocycles. The summed E-state index contributed by atoms with van der Waals surface area (Å²) in [6.45, 7) is 16.1. The summed E-state index contributed by atoms with van der Waals surface area (Å²) in [7, 11) is 0. The van der Waals surface area contributed by atoms with Gasteiger partial charge in [0.15, 0.2) is 0 Å². The summed E-state index contributed by atoms with van der Waals surface area (Å²) in [6, 6.07) is 0. The van der Waals surface area contributed by atoms with E-state index in [9.17, 15) is 4.79 Å². The molecule has 5 heteroatoms. The molecule has 0 atom stereocenters. The van der Waals surface area contributed by atoms with E-state index in [0.717, 1.165) is 25.7 Å². The van der Waals surface area contributed by atoms with Gasteiger partial charge >= 0.3 is 6.16 Å². The highest BCUT2D eigenvalue weighted by atomic mass is 16.8. The minimum atomic E-state index is -1.00. The van der Waals surface area contributed by atoms with Gasteiger partial charge < -0.3 is 18.9 Å². The van der Waals surface area contributed by atoms with Crippen LogP contribution in [0.3, 0.4) is 0 Å². The van der Waals surface area contributed by atoms with E-state index in [0.29, 0.717) is 25.7 Å². The van der Waals surface area contributed by atoms with Gasteiger partial charge in [0.25, 0.3) is 11.6 Å². The van der Waals surface area contributed by atoms with Gasteiger partial charge in [0.2, 0.25) is 0 Å². The molecule has 2 aliphatic carbocycles. The lowest BCUT2D eigenvalue weighted by molar-refractivity contribution is -0.250. The Labute approximate surface area is 157 Å². The molecule has 0 aromatic carbocycles. The van der Waals surface area contributed by atoms with Gasteiger partial charge in [-0.2, -0.15) is 0 Å². The van der Waals surface area contributed by atoms with E-state index in [1.54, 1.807) is 0 Å². The van der Waals surface area contributed by atoms with Crippen LogP contribution < -0.4 is 0 Å². The van der Waals surface area contributed by atoms with Gasteiger partial charge in [0.1, 0.15) is 0 Å². The molecular formula is C21H34O5. The minimum absolute atomic E-state index is 0.212. The van der Waals surface area contributed by atoms with Crippen molar-refractivity contribution in [1.82, 2.24) is 0 Å².